The normalized spacial score (nSPS) is 18.8. The molecule has 160 valence electrons. The van der Waals surface area contributed by atoms with E-state index in [4.69, 9.17) is 5.26 Å². The van der Waals surface area contributed by atoms with Crippen LogP contribution in [0.15, 0.2) is 58.8 Å². The Labute approximate surface area is 179 Å². The van der Waals surface area contributed by atoms with E-state index in [1.165, 1.54) is 22.5 Å². The number of halogens is 3. The number of nitrogens with one attached hydrogen (secondary N) is 1. The van der Waals surface area contributed by atoms with Gasteiger partial charge in [-0.25, -0.2) is 9.78 Å². The van der Waals surface area contributed by atoms with Crippen molar-refractivity contribution in [2.45, 2.75) is 25.2 Å². The molecule has 11 heteroatoms. The van der Waals surface area contributed by atoms with Crippen LogP contribution < -0.4 is 15.9 Å². The van der Waals surface area contributed by atoms with Crippen LogP contribution in [0.25, 0.3) is 0 Å². The van der Waals surface area contributed by atoms with Crippen LogP contribution in [0, 0.1) is 11.3 Å². The minimum atomic E-state index is -4.40. The molecule has 0 fully saturated rings. The molecule has 1 unspecified atom stereocenters. The molecule has 4 heterocycles. The molecule has 7 nitrogen and oxygen atoms in total. The minimum Gasteiger partial charge on any atom is -0.380 e. The molecular formula is C20H17F3N6OS. The van der Waals surface area contributed by atoms with Crippen molar-refractivity contribution in [2.75, 3.05) is 18.0 Å². The number of hydrogen-bond acceptors (Lipinski definition) is 7. The lowest BCUT2D eigenvalue weighted by molar-refractivity contribution is -0.134. The third-order valence-corrected chi connectivity index (χ3v) is 6.08. The molecule has 2 aliphatic heterocycles. The second-order valence-electron chi connectivity index (χ2n) is 7.02. The Morgan fingerprint density at radius 2 is 2.19 bits per heavy atom. The van der Waals surface area contributed by atoms with E-state index in [0.29, 0.717) is 34.9 Å². The van der Waals surface area contributed by atoms with Gasteiger partial charge >= 0.3 is 11.9 Å². The van der Waals surface area contributed by atoms with E-state index in [2.05, 4.69) is 21.4 Å². The lowest BCUT2D eigenvalue weighted by Crippen LogP contribution is -2.37. The van der Waals surface area contributed by atoms with Gasteiger partial charge in [0, 0.05) is 24.2 Å². The lowest BCUT2D eigenvalue weighted by Gasteiger charge is -2.29. The molecule has 0 bridgehead atoms. The second-order valence-corrected chi connectivity index (χ2v) is 8.19. The predicted octanol–water partition coefficient (Wildman–Crippen LogP) is 2.84. The number of rotatable bonds is 4. The molecule has 0 amide bonds. The highest BCUT2D eigenvalue weighted by Crippen LogP contribution is 2.34. The molecule has 2 aromatic heterocycles. The van der Waals surface area contributed by atoms with Gasteiger partial charge in [-0.1, -0.05) is 12.2 Å². The van der Waals surface area contributed by atoms with E-state index < -0.39 is 16.7 Å². The number of anilines is 1. The Hall–Kier alpha value is -3.39. The molecule has 2 aromatic rings. The van der Waals surface area contributed by atoms with Crippen molar-refractivity contribution in [3.63, 3.8) is 0 Å². The first-order valence-corrected chi connectivity index (χ1v) is 10.2. The monoisotopic (exact) mass is 446 g/mol. The SMILES string of the molecule is N#CC1=CNC(C2=CCN(c3ncn(Cc4ccc(C(F)(F)F)s4)c(=O)n3)CC2)C=C1. The van der Waals surface area contributed by atoms with Crippen molar-refractivity contribution in [3.8, 4) is 6.07 Å². The molecule has 1 N–H and O–H groups in total. The number of nitriles is 1. The number of thiophene rings is 1. The maximum atomic E-state index is 12.7. The number of hydrogen-bond donors (Lipinski definition) is 1. The van der Waals surface area contributed by atoms with Gasteiger partial charge in [-0.15, -0.1) is 11.3 Å². The summed E-state index contributed by atoms with van der Waals surface area (Å²) in [5, 5.41) is 12.1. The summed E-state index contributed by atoms with van der Waals surface area (Å²) >= 11 is 0.599. The molecule has 0 aliphatic carbocycles. The number of aromatic nitrogens is 3. The van der Waals surface area contributed by atoms with Gasteiger partial charge in [0.1, 0.15) is 17.3 Å². The largest absolute Gasteiger partial charge is 0.425 e. The van der Waals surface area contributed by atoms with Crippen molar-refractivity contribution >= 4 is 17.3 Å². The van der Waals surface area contributed by atoms with Crippen LogP contribution in [0.1, 0.15) is 16.2 Å². The van der Waals surface area contributed by atoms with Crippen molar-refractivity contribution in [1.29, 1.82) is 5.26 Å². The van der Waals surface area contributed by atoms with Crippen molar-refractivity contribution in [2.24, 2.45) is 0 Å². The summed E-state index contributed by atoms with van der Waals surface area (Å²) in [5.41, 5.74) is 1.18. The Balaban J connectivity index is 1.41. The third kappa shape index (κ3) is 4.69. The zero-order chi connectivity index (χ0) is 22.0. The summed E-state index contributed by atoms with van der Waals surface area (Å²) in [4.78, 5) is 22.2. The fourth-order valence-corrected chi connectivity index (χ4v) is 4.20. The topological polar surface area (TPSA) is 86.8 Å². The second kappa shape index (κ2) is 8.39. The van der Waals surface area contributed by atoms with Gasteiger partial charge in [0.25, 0.3) is 0 Å². The van der Waals surface area contributed by atoms with Gasteiger partial charge in [0.05, 0.1) is 18.2 Å². The van der Waals surface area contributed by atoms with Crippen LogP contribution in [0.3, 0.4) is 0 Å². The van der Waals surface area contributed by atoms with Crippen LogP contribution in [0.4, 0.5) is 19.1 Å². The highest BCUT2D eigenvalue weighted by atomic mass is 32.1. The molecule has 0 aromatic carbocycles. The van der Waals surface area contributed by atoms with Crippen molar-refractivity contribution < 1.29 is 13.2 Å². The van der Waals surface area contributed by atoms with Gasteiger partial charge in [0.2, 0.25) is 5.95 Å². The maximum absolute atomic E-state index is 12.7. The predicted molar refractivity (Wildman–Crippen MR) is 109 cm³/mol. The highest BCUT2D eigenvalue weighted by Gasteiger charge is 2.32. The standard InChI is InChI=1S/C20H17F3N6OS/c21-20(22,23)17-4-2-15(31-17)11-29-12-26-18(27-19(29)30)28-7-5-14(6-8-28)16-3-1-13(9-24)10-25-16/h1-5,10,12,16,25H,6-8,11H2. The van der Waals surface area contributed by atoms with Gasteiger partial charge < -0.3 is 10.2 Å². The summed E-state index contributed by atoms with van der Waals surface area (Å²) in [5.74, 6) is 0.289. The molecule has 4 rings (SSSR count). The van der Waals surface area contributed by atoms with E-state index in [-0.39, 0.29) is 18.5 Å². The Morgan fingerprint density at radius 3 is 2.77 bits per heavy atom. The third-order valence-electron chi connectivity index (χ3n) is 4.96. The number of nitrogens with zero attached hydrogens (tertiary/aromatic N) is 5. The Morgan fingerprint density at radius 1 is 1.35 bits per heavy atom. The number of dihydropyridines is 1. The molecule has 2 aliphatic rings. The summed E-state index contributed by atoms with van der Waals surface area (Å²) in [6.45, 7) is 1.14. The fourth-order valence-electron chi connectivity index (χ4n) is 3.33. The molecule has 0 radical (unpaired) electrons. The van der Waals surface area contributed by atoms with E-state index in [9.17, 15) is 18.0 Å². The molecule has 0 spiro atoms. The summed E-state index contributed by atoms with van der Waals surface area (Å²) in [6.07, 6.45) is 5.10. The van der Waals surface area contributed by atoms with Crippen molar-refractivity contribution in [1.82, 2.24) is 19.9 Å². The number of alkyl halides is 3. The first kappa shape index (κ1) is 20.9. The highest BCUT2D eigenvalue weighted by molar-refractivity contribution is 7.12. The smallest absolute Gasteiger partial charge is 0.380 e. The van der Waals surface area contributed by atoms with Gasteiger partial charge in [-0.2, -0.15) is 23.4 Å². The average molecular weight is 446 g/mol. The lowest BCUT2D eigenvalue weighted by atomic mass is 9.97. The van der Waals surface area contributed by atoms with Crippen LogP contribution in [0.2, 0.25) is 0 Å². The Kier molecular flexibility index (Phi) is 5.65. The van der Waals surface area contributed by atoms with Crippen LogP contribution in [0.5, 0.6) is 0 Å². The zero-order valence-electron chi connectivity index (χ0n) is 16.1. The minimum absolute atomic E-state index is 0.0121. The first-order valence-electron chi connectivity index (χ1n) is 9.41. The van der Waals surface area contributed by atoms with Crippen LogP contribution in [-0.4, -0.2) is 33.7 Å². The van der Waals surface area contributed by atoms with E-state index >= 15 is 0 Å². The molecule has 1 atom stereocenters. The van der Waals surface area contributed by atoms with Crippen LogP contribution in [-0.2, 0) is 12.7 Å². The average Bonchev–Trinajstić information content (AvgIpc) is 3.25. The maximum Gasteiger partial charge on any atom is 0.425 e. The first-order chi connectivity index (χ1) is 14.8. The van der Waals surface area contributed by atoms with Gasteiger partial charge in [0.15, 0.2) is 0 Å². The fraction of sp³-hybridized carbons (Fsp3) is 0.300. The van der Waals surface area contributed by atoms with Crippen LogP contribution >= 0.6 is 11.3 Å². The Bertz CT molecular complexity index is 1170. The van der Waals surface area contributed by atoms with E-state index in [1.54, 1.807) is 12.3 Å². The van der Waals surface area contributed by atoms with Gasteiger partial charge in [-0.05, 0) is 30.2 Å². The van der Waals surface area contributed by atoms with Crippen molar-refractivity contribution in [3.05, 3.63) is 74.3 Å². The zero-order valence-corrected chi connectivity index (χ0v) is 17.0. The van der Waals surface area contributed by atoms with E-state index in [0.717, 1.165) is 12.5 Å². The molecular weight excluding hydrogens is 429 g/mol. The molecule has 31 heavy (non-hydrogen) atoms. The molecule has 0 saturated heterocycles. The summed E-state index contributed by atoms with van der Waals surface area (Å²) < 4.78 is 39.4. The number of allylic oxidation sites excluding steroid dienone is 2. The van der Waals surface area contributed by atoms with E-state index in [1.807, 2.05) is 17.1 Å². The summed E-state index contributed by atoms with van der Waals surface area (Å²) in [7, 11) is 0. The van der Waals surface area contributed by atoms with Gasteiger partial charge in [-0.3, -0.25) is 4.57 Å². The molecule has 0 saturated carbocycles. The quantitative estimate of drug-likeness (QED) is 0.727. The summed E-state index contributed by atoms with van der Waals surface area (Å²) in [6, 6.07) is 4.46.